The van der Waals surface area contributed by atoms with Gasteiger partial charge in [-0.2, -0.15) is 0 Å². The van der Waals surface area contributed by atoms with Crippen LogP contribution in [0.15, 0.2) is 23.1 Å². The van der Waals surface area contributed by atoms with Crippen molar-refractivity contribution in [2.75, 3.05) is 20.3 Å². The van der Waals surface area contributed by atoms with Crippen molar-refractivity contribution in [1.29, 1.82) is 0 Å². The van der Waals surface area contributed by atoms with Gasteiger partial charge in [0.15, 0.2) is 11.5 Å². The fourth-order valence-corrected chi connectivity index (χ4v) is 3.52. The molecule has 6 heteroatoms. The molecule has 4 nitrogen and oxygen atoms in total. The standard InChI is InChI=1S/C17H21NO3S2/c1-4-6-9-18-16(19)15(23-17(18)22)11-12-7-8-13(21-5-2)14(10-12)20-3/h7-8,10-11H,4-6,9H2,1-3H3. The van der Waals surface area contributed by atoms with Gasteiger partial charge in [0.2, 0.25) is 0 Å². The number of thioether (sulfide) groups is 1. The SMILES string of the molecule is CCCCN1C(=O)C(=Cc2ccc(OCC)c(OC)c2)SC1=S. The molecule has 1 saturated heterocycles. The first-order valence-corrected chi connectivity index (χ1v) is 8.89. The van der Waals surface area contributed by atoms with Gasteiger partial charge < -0.3 is 9.47 Å². The second kappa shape index (κ2) is 8.36. The number of rotatable bonds is 7. The van der Waals surface area contributed by atoms with Crippen LogP contribution in [-0.2, 0) is 4.79 Å². The molecule has 0 spiro atoms. The van der Waals surface area contributed by atoms with Crippen molar-refractivity contribution >= 4 is 40.3 Å². The third-order valence-electron chi connectivity index (χ3n) is 3.39. The van der Waals surface area contributed by atoms with Crippen molar-refractivity contribution < 1.29 is 14.3 Å². The average Bonchev–Trinajstić information content (AvgIpc) is 2.81. The van der Waals surface area contributed by atoms with Crippen molar-refractivity contribution in [1.82, 2.24) is 4.90 Å². The summed E-state index contributed by atoms with van der Waals surface area (Å²) >= 11 is 6.66. The van der Waals surface area contributed by atoms with E-state index in [4.69, 9.17) is 21.7 Å². The molecule has 0 aromatic heterocycles. The predicted octanol–water partition coefficient (Wildman–Crippen LogP) is 4.10. The maximum absolute atomic E-state index is 12.4. The lowest BCUT2D eigenvalue weighted by Gasteiger charge is -2.13. The van der Waals surface area contributed by atoms with Crippen LogP contribution in [0.1, 0.15) is 32.3 Å². The molecule has 1 amide bonds. The van der Waals surface area contributed by atoms with Crippen molar-refractivity contribution in [3.05, 3.63) is 28.7 Å². The van der Waals surface area contributed by atoms with Crippen molar-refractivity contribution in [2.24, 2.45) is 0 Å². The van der Waals surface area contributed by atoms with Crippen LogP contribution in [0.2, 0.25) is 0 Å². The maximum atomic E-state index is 12.4. The van der Waals surface area contributed by atoms with Crippen molar-refractivity contribution in [3.8, 4) is 11.5 Å². The summed E-state index contributed by atoms with van der Waals surface area (Å²) in [6, 6.07) is 5.63. The smallest absolute Gasteiger partial charge is 0.266 e. The highest BCUT2D eigenvalue weighted by Gasteiger charge is 2.31. The number of methoxy groups -OCH3 is 1. The second-order valence-corrected chi connectivity index (χ2v) is 6.71. The lowest BCUT2D eigenvalue weighted by molar-refractivity contribution is -0.122. The van der Waals surface area contributed by atoms with E-state index in [0.29, 0.717) is 33.9 Å². The normalized spacial score (nSPS) is 16.3. The molecular formula is C17H21NO3S2. The number of amides is 1. The van der Waals surface area contributed by atoms with Crippen LogP contribution in [-0.4, -0.2) is 35.4 Å². The first-order valence-electron chi connectivity index (χ1n) is 7.66. The van der Waals surface area contributed by atoms with E-state index >= 15 is 0 Å². The Morgan fingerprint density at radius 1 is 1.30 bits per heavy atom. The molecular weight excluding hydrogens is 330 g/mol. The lowest BCUT2D eigenvalue weighted by Crippen LogP contribution is -2.28. The number of hydrogen-bond donors (Lipinski definition) is 0. The molecule has 23 heavy (non-hydrogen) atoms. The van der Waals surface area contributed by atoms with Crippen LogP contribution < -0.4 is 9.47 Å². The number of unbranched alkanes of at least 4 members (excludes halogenated alkanes) is 1. The quantitative estimate of drug-likeness (QED) is 0.546. The average molecular weight is 351 g/mol. The van der Waals surface area contributed by atoms with E-state index in [1.54, 1.807) is 12.0 Å². The molecule has 0 radical (unpaired) electrons. The summed E-state index contributed by atoms with van der Waals surface area (Å²) in [5, 5.41) is 0. The van der Waals surface area contributed by atoms with E-state index in [-0.39, 0.29) is 5.91 Å². The molecule has 1 aliphatic heterocycles. The van der Waals surface area contributed by atoms with Crippen LogP contribution in [0.25, 0.3) is 6.08 Å². The van der Waals surface area contributed by atoms with E-state index in [9.17, 15) is 4.79 Å². The molecule has 1 aromatic carbocycles. The van der Waals surface area contributed by atoms with Crippen molar-refractivity contribution in [3.63, 3.8) is 0 Å². The zero-order valence-corrected chi connectivity index (χ0v) is 15.3. The van der Waals surface area contributed by atoms with Gasteiger partial charge in [-0.1, -0.05) is 43.4 Å². The van der Waals surface area contributed by atoms with Gasteiger partial charge >= 0.3 is 0 Å². The largest absolute Gasteiger partial charge is 0.493 e. The number of thiocarbonyl (C=S) groups is 1. The first kappa shape index (κ1) is 17.8. The summed E-state index contributed by atoms with van der Waals surface area (Å²) in [7, 11) is 1.60. The van der Waals surface area contributed by atoms with Gasteiger partial charge in [0, 0.05) is 6.54 Å². The highest BCUT2D eigenvalue weighted by Crippen LogP contribution is 2.34. The van der Waals surface area contributed by atoms with Gasteiger partial charge in [-0.05, 0) is 37.1 Å². The predicted molar refractivity (Wildman–Crippen MR) is 99.0 cm³/mol. The van der Waals surface area contributed by atoms with Gasteiger partial charge in [0.1, 0.15) is 4.32 Å². The minimum Gasteiger partial charge on any atom is -0.493 e. The molecule has 1 aliphatic rings. The van der Waals surface area contributed by atoms with Gasteiger partial charge in [0.05, 0.1) is 18.6 Å². The number of carbonyl (C=O) groups is 1. The topological polar surface area (TPSA) is 38.8 Å². The zero-order chi connectivity index (χ0) is 16.8. The Kier molecular flexibility index (Phi) is 6.47. The zero-order valence-electron chi connectivity index (χ0n) is 13.6. The highest BCUT2D eigenvalue weighted by molar-refractivity contribution is 8.26. The molecule has 0 aliphatic carbocycles. The summed E-state index contributed by atoms with van der Waals surface area (Å²) < 4.78 is 11.5. The van der Waals surface area contributed by atoms with E-state index in [1.165, 1.54) is 11.8 Å². The Hall–Kier alpha value is -1.53. The first-order chi connectivity index (χ1) is 11.1. The minimum absolute atomic E-state index is 0.0127. The molecule has 0 N–H and O–H groups in total. The number of nitrogens with zero attached hydrogens (tertiary/aromatic N) is 1. The van der Waals surface area contributed by atoms with Gasteiger partial charge in [-0.15, -0.1) is 0 Å². The monoisotopic (exact) mass is 351 g/mol. The van der Waals surface area contributed by atoms with Gasteiger partial charge in [-0.3, -0.25) is 9.69 Å². The Morgan fingerprint density at radius 2 is 2.09 bits per heavy atom. The minimum atomic E-state index is -0.0127. The van der Waals surface area contributed by atoms with Crippen molar-refractivity contribution in [2.45, 2.75) is 26.7 Å². The summed E-state index contributed by atoms with van der Waals surface area (Å²) in [6.07, 6.45) is 3.84. The van der Waals surface area contributed by atoms with E-state index in [2.05, 4.69) is 6.92 Å². The van der Waals surface area contributed by atoms with E-state index < -0.39 is 0 Å². The molecule has 0 saturated carbocycles. The van der Waals surface area contributed by atoms with Crippen LogP contribution in [0, 0.1) is 0 Å². The molecule has 1 fully saturated rings. The Balaban J connectivity index is 2.21. The molecule has 0 unspecified atom stereocenters. The van der Waals surface area contributed by atoms with Crippen LogP contribution in [0.4, 0.5) is 0 Å². The third kappa shape index (κ3) is 4.26. The van der Waals surface area contributed by atoms with E-state index in [0.717, 1.165) is 18.4 Å². The van der Waals surface area contributed by atoms with Crippen LogP contribution in [0.5, 0.6) is 11.5 Å². The van der Waals surface area contributed by atoms with Crippen LogP contribution in [0.3, 0.4) is 0 Å². The number of carbonyl (C=O) groups excluding carboxylic acids is 1. The van der Waals surface area contributed by atoms with Gasteiger partial charge in [-0.25, -0.2) is 0 Å². The molecule has 0 bridgehead atoms. The number of hydrogen-bond acceptors (Lipinski definition) is 5. The molecule has 124 valence electrons. The Bertz CT molecular complexity index is 628. The Morgan fingerprint density at radius 3 is 2.74 bits per heavy atom. The molecule has 0 atom stereocenters. The summed E-state index contributed by atoms with van der Waals surface area (Å²) in [5.74, 6) is 1.34. The molecule has 2 rings (SSSR count). The van der Waals surface area contributed by atoms with Gasteiger partial charge in [0.25, 0.3) is 5.91 Å². The maximum Gasteiger partial charge on any atom is 0.266 e. The second-order valence-electron chi connectivity index (χ2n) is 5.03. The Labute approximate surface area is 146 Å². The fourth-order valence-electron chi connectivity index (χ4n) is 2.21. The summed E-state index contributed by atoms with van der Waals surface area (Å²) in [6.45, 7) is 5.28. The molecule has 1 heterocycles. The number of benzene rings is 1. The third-order valence-corrected chi connectivity index (χ3v) is 4.77. The van der Waals surface area contributed by atoms with E-state index in [1.807, 2.05) is 31.2 Å². The van der Waals surface area contributed by atoms with Crippen LogP contribution >= 0.6 is 24.0 Å². The summed E-state index contributed by atoms with van der Waals surface area (Å²) in [5.41, 5.74) is 0.890. The fraction of sp³-hybridized carbons (Fsp3) is 0.412. The lowest BCUT2D eigenvalue weighted by atomic mass is 10.2. The number of ether oxygens (including phenoxy) is 2. The summed E-state index contributed by atoms with van der Waals surface area (Å²) in [4.78, 5) is 14.8. The molecule has 1 aromatic rings. The highest BCUT2D eigenvalue weighted by atomic mass is 32.2.